The van der Waals surface area contributed by atoms with Gasteiger partial charge in [0.25, 0.3) is 0 Å². The van der Waals surface area contributed by atoms with Gasteiger partial charge in [-0.3, -0.25) is 0 Å². The molecule has 0 aliphatic rings. The first kappa shape index (κ1) is 10.5. The van der Waals surface area contributed by atoms with E-state index in [1.165, 1.54) is 12.5 Å². The highest BCUT2D eigenvalue weighted by atomic mass is 35.5. The zero-order valence-corrected chi connectivity index (χ0v) is 7.26. The number of rotatable bonds is 4. The molecule has 0 saturated heterocycles. The van der Waals surface area contributed by atoms with Crippen molar-refractivity contribution in [3.8, 4) is 0 Å². The van der Waals surface area contributed by atoms with Crippen LogP contribution in [0.5, 0.6) is 0 Å². The smallest absolute Gasteiger partial charge is 0.332 e. The molecule has 0 saturated carbocycles. The molecule has 0 amide bonds. The summed E-state index contributed by atoms with van der Waals surface area (Å²) in [7, 11) is 0. The van der Waals surface area contributed by atoms with Gasteiger partial charge in [0.2, 0.25) is 0 Å². The van der Waals surface area contributed by atoms with Crippen molar-refractivity contribution in [1.29, 1.82) is 0 Å². The Hall–Kier alpha value is -0.540. The normalized spacial score (nSPS) is 14.6. The third-order valence-corrected chi connectivity index (χ3v) is 1.47. The number of hydrogen-bond donors (Lipinski definition) is 1. The minimum absolute atomic E-state index is 0.261. The van der Waals surface area contributed by atoms with Crippen molar-refractivity contribution in [3.05, 3.63) is 11.1 Å². The monoisotopic (exact) mass is 178 g/mol. The summed E-state index contributed by atoms with van der Waals surface area (Å²) < 4.78 is 4.90. The zero-order chi connectivity index (χ0) is 8.85. The lowest BCUT2D eigenvalue weighted by atomic mass is 10.3. The Morgan fingerprint density at radius 1 is 1.82 bits per heavy atom. The van der Waals surface area contributed by atoms with Gasteiger partial charge < -0.3 is 9.84 Å². The fourth-order valence-corrected chi connectivity index (χ4v) is 0.422. The summed E-state index contributed by atoms with van der Waals surface area (Å²) in [6.07, 6.45) is -0.776. The zero-order valence-electron chi connectivity index (χ0n) is 6.50. The van der Waals surface area contributed by atoms with E-state index in [0.29, 0.717) is 0 Å². The average Bonchev–Trinajstić information content (AvgIpc) is 1.99. The lowest BCUT2D eigenvalue weighted by molar-refractivity contribution is -0.148. The fraction of sp³-hybridized carbons (Fsp3) is 0.571. The van der Waals surface area contributed by atoms with Crippen molar-refractivity contribution in [3.63, 3.8) is 0 Å². The molecule has 0 fully saturated rings. The third-order valence-electron chi connectivity index (χ3n) is 1.10. The molecular weight excluding hydrogens is 168 g/mol. The van der Waals surface area contributed by atoms with E-state index in [2.05, 4.69) is 0 Å². The molecule has 0 aliphatic heterocycles. The van der Waals surface area contributed by atoms with E-state index >= 15 is 0 Å². The molecule has 1 N–H and O–H groups in total. The van der Waals surface area contributed by atoms with Crippen LogP contribution in [-0.4, -0.2) is 23.8 Å². The molecule has 0 rings (SSSR count). The van der Waals surface area contributed by atoms with E-state index in [1.807, 2.05) is 0 Å². The first-order valence-corrected chi connectivity index (χ1v) is 3.62. The van der Waals surface area contributed by atoms with Gasteiger partial charge in [-0.1, -0.05) is 11.6 Å². The van der Waals surface area contributed by atoms with E-state index < -0.39 is 12.1 Å². The van der Waals surface area contributed by atoms with Crippen molar-refractivity contribution in [2.45, 2.75) is 20.0 Å². The van der Waals surface area contributed by atoms with Crippen LogP contribution in [0.1, 0.15) is 13.8 Å². The SMILES string of the molecule is CC(=CCl)CO[C@@H](C)C(=O)O. The number of hydrogen-bond acceptors (Lipinski definition) is 2. The Labute approximate surface area is 70.6 Å². The van der Waals surface area contributed by atoms with E-state index in [9.17, 15) is 4.79 Å². The van der Waals surface area contributed by atoms with Crippen LogP contribution in [0.2, 0.25) is 0 Å². The highest BCUT2D eigenvalue weighted by molar-refractivity contribution is 6.25. The molecule has 11 heavy (non-hydrogen) atoms. The number of carbonyl (C=O) groups is 1. The van der Waals surface area contributed by atoms with Gasteiger partial charge in [-0.25, -0.2) is 4.79 Å². The molecule has 0 heterocycles. The minimum atomic E-state index is -0.965. The summed E-state index contributed by atoms with van der Waals surface area (Å²) in [4.78, 5) is 10.2. The van der Waals surface area contributed by atoms with Crippen LogP contribution < -0.4 is 0 Å². The van der Waals surface area contributed by atoms with Crippen LogP contribution in [0.25, 0.3) is 0 Å². The number of carboxylic acids is 1. The molecule has 0 aromatic heterocycles. The second-order valence-corrected chi connectivity index (χ2v) is 2.47. The summed E-state index contributed by atoms with van der Waals surface area (Å²) in [5.74, 6) is -0.965. The van der Waals surface area contributed by atoms with Gasteiger partial charge in [0.1, 0.15) is 0 Å². The van der Waals surface area contributed by atoms with E-state index in [4.69, 9.17) is 21.4 Å². The second kappa shape index (κ2) is 5.16. The van der Waals surface area contributed by atoms with E-state index in [1.54, 1.807) is 6.92 Å². The Kier molecular flexibility index (Phi) is 4.90. The minimum Gasteiger partial charge on any atom is -0.479 e. The molecule has 3 nitrogen and oxygen atoms in total. The predicted molar refractivity (Wildman–Crippen MR) is 42.7 cm³/mol. The van der Waals surface area contributed by atoms with E-state index in [-0.39, 0.29) is 6.61 Å². The largest absolute Gasteiger partial charge is 0.479 e. The summed E-state index contributed by atoms with van der Waals surface area (Å²) >= 11 is 5.33. The summed E-state index contributed by atoms with van der Waals surface area (Å²) in [6.45, 7) is 3.50. The second-order valence-electron chi connectivity index (χ2n) is 2.25. The quantitative estimate of drug-likeness (QED) is 0.712. The van der Waals surface area contributed by atoms with Gasteiger partial charge in [-0.05, 0) is 19.4 Å². The maximum atomic E-state index is 10.2. The molecule has 0 unspecified atom stereocenters. The lowest BCUT2D eigenvalue weighted by Gasteiger charge is -2.07. The number of halogens is 1. The van der Waals surface area contributed by atoms with Crippen molar-refractivity contribution in [1.82, 2.24) is 0 Å². The number of carboxylic acid groups (broad SMARTS) is 1. The molecule has 1 atom stereocenters. The van der Waals surface area contributed by atoms with Crippen LogP contribution in [0.15, 0.2) is 11.1 Å². The maximum absolute atomic E-state index is 10.2. The van der Waals surface area contributed by atoms with E-state index in [0.717, 1.165) is 5.57 Å². The van der Waals surface area contributed by atoms with Crippen molar-refractivity contribution >= 4 is 17.6 Å². The van der Waals surface area contributed by atoms with Crippen molar-refractivity contribution in [2.24, 2.45) is 0 Å². The predicted octanol–water partition coefficient (Wildman–Crippen LogP) is 1.62. The van der Waals surface area contributed by atoms with Gasteiger partial charge in [0.15, 0.2) is 6.10 Å². The Morgan fingerprint density at radius 2 is 2.36 bits per heavy atom. The number of aliphatic carboxylic acids is 1. The van der Waals surface area contributed by atoms with Crippen LogP contribution in [0.4, 0.5) is 0 Å². The Morgan fingerprint density at radius 3 is 2.73 bits per heavy atom. The Bertz CT molecular complexity index is 165. The molecule has 0 radical (unpaired) electrons. The third kappa shape index (κ3) is 4.81. The molecule has 0 bridgehead atoms. The molecule has 0 aromatic carbocycles. The van der Waals surface area contributed by atoms with Gasteiger partial charge >= 0.3 is 5.97 Å². The summed E-state index contributed by atoms with van der Waals surface area (Å²) in [5.41, 5.74) is 2.17. The maximum Gasteiger partial charge on any atom is 0.332 e. The first-order valence-electron chi connectivity index (χ1n) is 3.18. The standard InChI is InChI=1S/C7H11ClO3/c1-5(3-8)4-11-6(2)7(9)10/h3,6H,4H2,1-2H3,(H,9,10)/t6-/m0/s1. The van der Waals surface area contributed by atoms with Crippen molar-refractivity contribution in [2.75, 3.05) is 6.61 Å². The average molecular weight is 179 g/mol. The summed E-state index contributed by atoms with van der Waals surface area (Å²) in [6, 6.07) is 0. The van der Waals surface area contributed by atoms with Crippen LogP contribution >= 0.6 is 11.6 Å². The highest BCUT2D eigenvalue weighted by Crippen LogP contribution is 1.99. The lowest BCUT2D eigenvalue weighted by Crippen LogP contribution is -2.20. The molecular formula is C7H11ClO3. The van der Waals surface area contributed by atoms with Crippen LogP contribution in [-0.2, 0) is 9.53 Å². The first-order chi connectivity index (χ1) is 5.07. The van der Waals surface area contributed by atoms with Gasteiger partial charge in [-0.15, -0.1) is 0 Å². The highest BCUT2D eigenvalue weighted by Gasteiger charge is 2.09. The number of ether oxygens (including phenoxy) is 1. The van der Waals surface area contributed by atoms with Crippen LogP contribution in [0.3, 0.4) is 0 Å². The molecule has 0 aliphatic carbocycles. The Balaban J connectivity index is 3.62. The molecule has 0 spiro atoms. The topological polar surface area (TPSA) is 46.5 Å². The van der Waals surface area contributed by atoms with Gasteiger partial charge in [-0.2, -0.15) is 0 Å². The molecule has 64 valence electrons. The van der Waals surface area contributed by atoms with Gasteiger partial charge in [0.05, 0.1) is 6.61 Å². The summed E-state index contributed by atoms with van der Waals surface area (Å²) in [5, 5.41) is 8.39. The van der Waals surface area contributed by atoms with Crippen molar-refractivity contribution < 1.29 is 14.6 Å². The molecule has 0 aromatic rings. The molecule has 4 heteroatoms. The van der Waals surface area contributed by atoms with Crippen LogP contribution in [0, 0.1) is 0 Å². The van der Waals surface area contributed by atoms with Gasteiger partial charge in [0, 0.05) is 5.54 Å². The fourth-order valence-electron chi connectivity index (χ4n) is 0.359.